The maximum atomic E-state index is 13.8. The van der Waals surface area contributed by atoms with Crippen molar-refractivity contribution in [2.75, 3.05) is 20.8 Å². The van der Waals surface area contributed by atoms with Gasteiger partial charge in [-0.05, 0) is 63.3 Å². The third-order valence-corrected chi connectivity index (χ3v) is 16.5. The number of aromatic nitrogens is 2. The lowest BCUT2D eigenvalue weighted by molar-refractivity contribution is -0.104. The summed E-state index contributed by atoms with van der Waals surface area (Å²) >= 11 is 0. The topological polar surface area (TPSA) is 101 Å². The zero-order valence-corrected chi connectivity index (χ0v) is 35.5. The van der Waals surface area contributed by atoms with Crippen LogP contribution in [0.3, 0.4) is 0 Å². The molecule has 0 spiro atoms. The Morgan fingerprint density at radius 2 is 1.22 bits per heavy atom. The highest BCUT2D eigenvalue weighted by atomic mass is 28.4. The van der Waals surface area contributed by atoms with Gasteiger partial charge >= 0.3 is 5.69 Å². The Kier molecular flexibility index (Phi) is 12.1. The first-order valence-electron chi connectivity index (χ1n) is 19.8. The van der Waals surface area contributed by atoms with Gasteiger partial charge in [-0.2, -0.15) is 0 Å². The van der Waals surface area contributed by atoms with Crippen molar-refractivity contribution in [1.82, 2.24) is 9.55 Å². The summed E-state index contributed by atoms with van der Waals surface area (Å²) in [6.07, 6.45) is 1.00. The quantitative estimate of drug-likeness (QED) is 0.0700. The van der Waals surface area contributed by atoms with E-state index in [2.05, 4.69) is 56.6 Å². The fourth-order valence-electron chi connectivity index (χ4n) is 8.49. The standard InChI is InChI=1S/C49H52N2O7Si/c1-8-43(57-49(35-18-12-9-13-19-35,36-24-28-38(54-6)29-25-36)37-26-30-39(55-7)31-27-37)45-44(42(33-56-45)51-32-34(2)46(52)50-47(51)53)58-59(48(3,4)5,40-20-14-10-15-21-40)41-22-16-11-17-23-41/h8-32,42-45H,1,33H2,2-7H3,(H,50,52,53). The lowest BCUT2D eigenvalue weighted by atomic mass is 9.79. The van der Waals surface area contributed by atoms with Gasteiger partial charge in [0.15, 0.2) is 0 Å². The monoisotopic (exact) mass is 808 g/mol. The second-order valence-corrected chi connectivity index (χ2v) is 20.2. The molecule has 1 fully saturated rings. The first-order valence-corrected chi connectivity index (χ1v) is 21.7. The highest BCUT2D eigenvalue weighted by Gasteiger charge is 2.56. The van der Waals surface area contributed by atoms with Crippen LogP contribution < -0.4 is 31.1 Å². The molecule has 6 aromatic rings. The van der Waals surface area contributed by atoms with Crippen molar-refractivity contribution in [3.63, 3.8) is 0 Å². The average Bonchev–Trinajstić information content (AvgIpc) is 3.67. The third kappa shape index (κ3) is 7.77. The minimum atomic E-state index is -3.29. The van der Waals surface area contributed by atoms with Crippen molar-refractivity contribution in [1.29, 1.82) is 0 Å². The molecule has 0 saturated carbocycles. The van der Waals surface area contributed by atoms with Crippen molar-refractivity contribution in [3.05, 3.63) is 201 Å². The summed E-state index contributed by atoms with van der Waals surface area (Å²) in [5, 5.41) is 1.72. The fourth-order valence-corrected chi connectivity index (χ4v) is 13.2. The number of hydrogen-bond acceptors (Lipinski definition) is 7. The van der Waals surface area contributed by atoms with Gasteiger partial charge in [-0.3, -0.25) is 14.3 Å². The summed E-state index contributed by atoms with van der Waals surface area (Å²) in [4.78, 5) is 29.0. The van der Waals surface area contributed by atoms with Gasteiger partial charge in [-0.25, -0.2) is 4.79 Å². The lowest BCUT2D eigenvalue weighted by Gasteiger charge is -2.47. The van der Waals surface area contributed by atoms with Gasteiger partial charge in [0, 0.05) is 11.8 Å². The Morgan fingerprint density at radius 3 is 1.68 bits per heavy atom. The number of nitrogens with one attached hydrogen (secondary N) is 1. The molecule has 304 valence electrons. The fraction of sp³-hybridized carbons (Fsp3) is 0.265. The predicted molar refractivity (Wildman–Crippen MR) is 235 cm³/mol. The number of hydrogen-bond donors (Lipinski definition) is 1. The van der Waals surface area contributed by atoms with Crippen LogP contribution in [-0.4, -0.2) is 57.0 Å². The molecule has 4 unspecified atom stereocenters. The molecule has 0 aliphatic carbocycles. The molecule has 7 rings (SSSR count). The zero-order chi connectivity index (χ0) is 41.8. The molecule has 1 saturated heterocycles. The minimum absolute atomic E-state index is 0.107. The third-order valence-electron chi connectivity index (χ3n) is 11.4. The van der Waals surface area contributed by atoms with Crippen LogP contribution in [0.25, 0.3) is 0 Å². The summed E-state index contributed by atoms with van der Waals surface area (Å²) < 4.78 is 35.2. The molecule has 0 bridgehead atoms. The smallest absolute Gasteiger partial charge is 0.328 e. The molecule has 0 radical (unpaired) electrons. The number of aryl methyl sites for hydroxylation is 1. The van der Waals surface area contributed by atoms with Crippen molar-refractivity contribution in [2.24, 2.45) is 0 Å². The summed E-state index contributed by atoms with van der Waals surface area (Å²) in [6, 6.07) is 45.8. The summed E-state index contributed by atoms with van der Waals surface area (Å²) in [5.41, 5.74) is 0.751. The van der Waals surface area contributed by atoms with E-state index >= 15 is 0 Å². The number of methoxy groups -OCH3 is 2. The molecule has 1 aromatic heterocycles. The molecular formula is C49H52N2O7Si. The van der Waals surface area contributed by atoms with Gasteiger partial charge in [-0.15, -0.1) is 6.58 Å². The summed E-state index contributed by atoms with van der Waals surface area (Å²) in [7, 11) is -0.00576. The number of benzene rings is 5. The number of aromatic amines is 1. The van der Waals surface area contributed by atoms with Crippen LogP contribution in [0.1, 0.15) is 49.1 Å². The average molecular weight is 809 g/mol. The Balaban J connectivity index is 1.46. The normalized spacial score (nSPS) is 17.6. The van der Waals surface area contributed by atoms with Crippen LogP contribution in [-0.2, 0) is 19.5 Å². The van der Waals surface area contributed by atoms with Gasteiger partial charge in [0.2, 0.25) is 0 Å². The van der Waals surface area contributed by atoms with Gasteiger partial charge in [0.1, 0.15) is 29.3 Å². The maximum Gasteiger partial charge on any atom is 0.328 e. The van der Waals surface area contributed by atoms with E-state index in [1.807, 2.05) is 115 Å². The van der Waals surface area contributed by atoms with Crippen LogP contribution in [0.5, 0.6) is 11.5 Å². The molecule has 1 aliphatic heterocycles. The van der Waals surface area contributed by atoms with E-state index in [0.717, 1.165) is 27.1 Å². The highest BCUT2D eigenvalue weighted by molar-refractivity contribution is 6.99. The number of nitrogens with zero attached hydrogens (tertiary/aromatic N) is 1. The summed E-state index contributed by atoms with van der Waals surface area (Å²) in [5.74, 6) is 1.40. The SMILES string of the molecule is C=CC(OC(c1ccccc1)(c1ccc(OC)cc1)c1ccc(OC)cc1)C1OCC(n2cc(C)c(=O)[nH]c2=O)C1O[Si](c1ccccc1)(c1ccccc1)C(C)(C)C. The Bertz CT molecular complexity index is 2360. The Hall–Kier alpha value is -5.78. The first kappa shape index (κ1) is 41.4. The van der Waals surface area contributed by atoms with Crippen LogP contribution in [0.2, 0.25) is 5.04 Å². The Labute approximate surface area is 347 Å². The number of H-pyrrole nitrogens is 1. The van der Waals surface area contributed by atoms with E-state index in [-0.39, 0.29) is 6.61 Å². The van der Waals surface area contributed by atoms with Gasteiger partial charge in [0.25, 0.3) is 13.9 Å². The van der Waals surface area contributed by atoms with E-state index in [4.69, 9.17) is 23.4 Å². The maximum absolute atomic E-state index is 13.8. The molecule has 2 heterocycles. The number of rotatable bonds is 14. The summed E-state index contributed by atoms with van der Waals surface area (Å²) in [6.45, 7) is 12.8. The van der Waals surface area contributed by atoms with Crippen molar-refractivity contribution >= 4 is 18.7 Å². The molecule has 1 N–H and O–H groups in total. The first-order chi connectivity index (χ1) is 28.5. The van der Waals surface area contributed by atoms with Crippen molar-refractivity contribution in [2.45, 2.75) is 62.7 Å². The Morgan fingerprint density at radius 1 is 0.746 bits per heavy atom. The van der Waals surface area contributed by atoms with E-state index in [0.29, 0.717) is 17.1 Å². The van der Waals surface area contributed by atoms with Gasteiger partial charge < -0.3 is 23.4 Å². The number of ether oxygens (including phenoxy) is 4. The second kappa shape index (κ2) is 17.2. The highest BCUT2D eigenvalue weighted by Crippen LogP contribution is 2.46. The van der Waals surface area contributed by atoms with Crippen LogP contribution in [0, 0.1) is 6.92 Å². The molecule has 4 atom stereocenters. The minimum Gasteiger partial charge on any atom is -0.497 e. The molecule has 5 aromatic carbocycles. The van der Waals surface area contributed by atoms with Crippen LogP contribution in [0.4, 0.5) is 0 Å². The van der Waals surface area contributed by atoms with E-state index in [1.165, 1.54) is 0 Å². The molecule has 59 heavy (non-hydrogen) atoms. The van der Waals surface area contributed by atoms with Gasteiger partial charge in [-0.1, -0.05) is 142 Å². The van der Waals surface area contributed by atoms with Crippen molar-refractivity contribution in [3.8, 4) is 11.5 Å². The predicted octanol–water partition coefficient (Wildman–Crippen LogP) is 7.31. The molecule has 9 nitrogen and oxygen atoms in total. The molecule has 10 heteroatoms. The van der Waals surface area contributed by atoms with Crippen molar-refractivity contribution < 1.29 is 23.4 Å². The van der Waals surface area contributed by atoms with Crippen LogP contribution >= 0.6 is 0 Å². The van der Waals surface area contributed by atoms with Gasteiger partial charge in [0.05, 0.1) is 33.0 Å². The van der Waals surface area contributed by atoms with E-state index < -0.39 is 54.6 Å². The second-order valence-electron chi connectivity index (χ2n) is 15.9. The van der Waals surface area contributed by atoms with Crippen LogP contribution in [0.15, 0.2) is 168 Å². The van der Waals surface area contributed by atoms with E-state index in [9.17, 15) is 9.59 Å². The molecule has 0 amide bonds. The largest absolute Gasteiger partial charge is 0.497 e. The molecular weight excluding hydrogens is 757 g/mol. The lowest BCUT2D eigenvalue weighted by Crippen LogP contribution is -2.69. The van der Waals surface area contributed by atoms with E-state index in [1.54, 1.807) is 38.0 Å². The molecule has 1 aliphatic rings. The zero-order valence-electron chi connectivity index (χ0n) is 34.5.